The molecular weight excluding hydrogens is 354 g/mol. The molecule has 27 heavy (non-hydrogen) atoms. The Morgan fingerprint density at radius 1 is 0.667 bits per heavy atom. The standard InChI is InChI=1S/C23H19NO2S/c24-23(22-12-7-15-27-22)17-13-14-20(25-18-8-3-1-4-9-18)21(16-17)26-19-10-5-2-6-11-19/h1-16,23H,24H2/t23-/m1/s1. The molecule has 0 radical (unpaired) electrons. The topological polar surface area (TPSA) is 44.5 Å². The minimum Gasteiger partial charge on any atom is -0.453 e. The Labute approximate surface area is 162 Å². The molecule has 1 aromatic heterocycles. The first kappa shape index (κ1) is 17.3. The van der Waals surface area contributed by atoms with Crippen LogP contribution in [0.5, 0.6) is 23.0 Å². The van der Waals surface area contributed by atoms with Gasteiger partial charge in [0.05, 0.1) is 6.04 Å². The molecule has 0 unspecified atom stereocenters. The summed E-state index contributed by atoms with van der Waals surface area (Å²) < 4.78 is 12.2. The van der Waals surface area contributed by atoms with Gasteiger partial charge in [0, 0.05) is 4.88 Å². The second-order valence-corrected chi connectivity index (χ2v) is 7.01. The monoisotopic (exact) mass is 373 g/mol. The van der Waals surface area contributed by atoms with Crippen LogP contribution < -0.4 is 15.2 Å². The van der Waals surface area contributed by atoms with Gasteiger partial charge in [-0.15, -0.1) is 11.3 Å². The van der Waals surface area contributed by atoms with Crippen molar-refractivity contribution in [3.05, 3.63) is 107 Å². The maximum absolute atomic E-state index is 6.44. The zero-order chi connectivity index (χ0) is 18.5. The van der Waals surface area contributed by atoms with Crippen molar-refractivity contribution in [2.45, 2.75) is 6.04 Å². The highest BCUT2D eigenvalue weighted by Gasteiger charge is 2.15. The summed E-state index contributed by atoms with van der Waals surface area (Å²) in [6.07, 6.45) is 0. The van der Waals surface area contributed by atoms with Crippen LogP contribution in [0, 0.1) is 0 Å². The second-order valence-electron chi connectivity index (χ2n) is 6.03. The lowest BCUT2D eigenvalue weighted by Crippen LogP contribution is -2.10. The zero-order valence-corrected chi connectivity index (χ0v) is 15.4. The van der Waals surface area contributed by atoms with E-state index < -0.39 is 0 Å². The molecule has 0 aliphatic carbocycles. The first-order chi connectivity index (χ1) is 13.3. The number of thiophene rings is 1. The summed E-state index contributed by atoms with van der Waals surface area (Å²) in [6, 6.07) is 29.0. The molecule has 2 N–H and O–H groups in total. The number of para-hydroxylation sites is 2. The molecule has 0 fully saturated rings. The van der Waals surface area contributed by atoms with Crippen molar-refractivity contribution in [3.8, 4) is 23.0 Å². The molecule has 0 saturated carbocycles. The molecule has 0 amide bonds. The molecule has 1 heterocycles. The van der Waals surface area contributed by atoms with E-state index in [1.54, 1.807) is 11.3 Å². The van der Waals surface area contributed by atoms with Gasteiger partial charge in [-0.05, 0) is 53.4 Å². The maximum atomic E-state index is 6.44. The van der Waals surface area contributed by atoms with Crippen LogP contribution in [0.4, 0.5) is 0 Å². The number of benzene rings is 3. The van der Waals surface area contributed by atoms with Gasteiger partial charge < -0.3 is 15.2 Å². The summed E-state index contributed by atoms with van der Waals surface area (Å²) in [6.45, 7) is 0. The SMILES string of the molecule is N[C@H](c1ccc(Oc2ccccc2)c(Oc2ccccc2)c1)c1cccs1. The molecule has 1 atom stereocenters. The van der Waals surface area contributed by atoms with Crippen LogP contribution >= 0.6 is 11.3 Å². The third kappa shape index (κ3) is 4.19. The van der Waals surface area contributed by atoms with E-state index in [1.807, 2.05) is 96.4 Å². The van der Waals surface area contributed by atoms with E-state index >= 15 is 0 Å². The fourth-order valence-electron chi connectivity index (χ4n) is 2.75. The van der Waals surface area contributed by atoms with E-state index in [0.29, 0.717) is 11.5 Å². The summed E-state index contributed by atoms with van der Waals surface area (Å²) >= 11 is 1.65. The predicted octanol–water partition coefficient (Wildman–Crippen LogP) is 6.38. The van der Waals surface area contributed by atoms with Crippen molar-refractivity contribution in [3.63, 3.8) is 0 Å². The maximum Gasteiger partial charge on any atom is 0.170 e. The molecule has 4 aromatic rings. The first-order valence-corrected chi connectivity index (χ1v) is 9.56. The van der Waals surface area contributed by atoms with Crippen LogP contribution in [0.3, 0.4) is 0 Å². The van der Waals surface area contributed by atoms with Crippen molar-refractivity contribution >= 4 is 11.3 Å². The number of hydrogen-bond acceptors (Lipinski definition) is 4. The quantitative estimate of drug-likeness (QED) is 0.426. The van der Waals surface area contributed by atoms with Gasteiger partial charge in [-0.25, -0.2) is 0 Å². The molecule has 3 aromatic carbocycles. The van der Waals surface area contributed by atoms with Crippen molar-refractivity contribution in [1.82, 2.24) is 0 Å². The number of ether oxygens (including phenoxy) is 2. The first-order valence-electron chi connectivity index (χ1n) is 8.68. The normalized spacial score (nSPS) is 11.7. The van der Waals surface area contributed by atoms with Gasteiger partial charge in [-0.3, -0.25) is 0 Å². The Kier molecular flexibility index (Phi) is 5.19. The van der Waals surface area contributed by atoms with E-state index in [4.69, 9.17) is 15.2 Å². The van der Waals surface area contributed by atoms with Crippen LogP contribution in [0.25, 0.3) is 0 Å². The molecule has 0 aliphatic rings. The molecule has 4 rings (SSSR count). The van der Waals surface area contributed by atoms with Crippen LogP contribution in [-0.4, -0.2) is 0 Å². The van der Waals surface area contributed by atoms with Crippen molar-refractivity contribution in [2.24, 2.45) is 5.73 Å². The predicted molar refractivity (Wildman–Crippen MR) is 110 cm³/mol. The summed E-state index contributed by atoms with van der Waals surface area (Å²) in [5, 5.41) is 2.03. The highest BCUT2D eigenvalue weighted by atomic mass is 32.1. The number of hydrogen-bond donors (Lipinski definition) is 1. The van der Waals surface area contributed by atoms with Gasteiger partial charge in [0.15, 0.2) is 11.5 Å². The van der Waals surface area contributed by atoms with Gasteiger partial charge in [0.25, 0.3) is 0 Å². The zero-order valence-electron chi connectivity index (χ0n) is 14.6. The molecule has 0 bridgehead atoms. The number of nitrogens with two attached hydrogens (primary N) is 1. The van der Waals surface area contributed by atoms with Crippen LogP contribution in [0.15, 0.2) is 96.4 Å². The van der Waals surface area contributed by atoms with Crippen LogP contribution in [0.1, 0.15) is 16.5 Å². The van der Waals surface area contributed by atoms with E-state index in [0.717, 1.165) is 21.9 Å². The van der Waals surface area contributed by atoms with Crippen molar-refractivity contribution in [1.29, 1.82) is 0 Å². The van der Waals surface area contributed by atoms with Crippen molar-refractivity contribution in [2.75, 3.05) is 0 Å². The Morgan fingerprint density at radius 2 is 1.30 bits per heavy atom. The fourth-order valence-corrected chi connectivity index (χ4v) is 3.50. The Bertz CT molecular complexity index is 986. The summed E-state index contributed by atoms with van der Waals surface area (Å²) in [7, 11) is 0. The van der Waals surface area contributed by atoms with E-state index in [1.165, 1.54) is 0 Å². The summed E-state index contributed by atoms with van der Waals surface area (Å²) in [5.41, 5.74) is 7.42. The lowest BCUT2D eigenvalue weighted by atomic mass is 10.1. The van der Waals surface area contributed by atoms with E-state index in [-0.39, 0.29) is 6.04 Å². The Hall–Kier alpha value is -3.08. The van der Waals surface area contributed by atoms with E-state index in [9.17, 15) is 0 Å². The highest BCUT2D eigenvalue weighted by molar-refractivity contribution is 7.10. The average Bonchev–Trinajstić information content (AvgIpc) is 3.25. The smallest absolute Gasteiger partial charge is 0.170 e. The second kappa shape index (κ2) is 8.08. The average molecular weight is 373 g/mol. The molecule has 134 valence electrons. The lowest BCUT2D eigenvalue weighted by molar-refractivity contribution is 0.418. The van der Waals surface area contributed by atoms with E-state index in [2.05, 4.69) is 0 Å². The molecule has 0 spiro atoms. The molecule has 0 saturated heterocycles. The third-order valence-electron chi connectivity index (χ3n) is 4.12. The summed E-state index contributed by atoms with van der Waals surface area (Å²) in [5.74, 6) is 2.78. The molecule has 3 nitrogen and oxygen atoms in total. The Balaban J connectivity index is 1.69. The van der Waals surface area contributed by atoms with Gasteiger partial charge in [0.2, 0.25) is 0 Å². The van der Waals surface area contributed by atoms with Gasteiger partial charge in [-0.2, -0.15) is 0 Å². The van der Waals surface area contributed by atoms with Gasteiger partial charge in [-0.1, -0.05) is 48.5 Å². The lowest BCUT2D eigenvalue weighted by Gasteiger charge is -2.16. The highest BCUT2D eigenvalue weighted by Crippen LogP contribution is 2.37. The van der Waals surface area contributed by atoms with Crippen LogP contribution in [-0.2, 0) is 0 Å². The van der Waals surface area contributed by atoms with Gasteiger partial charge >= 0.3 is 0 Å². The third-order valence-corrected chi connectivity index (χ3v) is 5.07. The molecule has 0 aliphatic heterocycles. The minimum atomic E-state index is -0.200. The van der Waals surface area contributed by atoms with Crippen LogP contribution in [0.2, 0.25) is 0 Å². The fraction of sp³-hybridized carbons (Fsp3) is 0.0435. The number of rotatable bonds is 6. The molecule has 4 heteroatoms. The van der Waals surface area contributed by atoms with Crippen molar-refractivity contribution < 1.29 is 9.47 Å². The summed E-state index contributed by atoms with van der Waals surface area (Å²) in [4.78, 5) is 1.11. The Morgan fingerprint density at radius 3 is 1.89 bits per heavy atom. The molecular formula is C23H19NO2S. The van der Waals surface area contributed by atoms with Gasteiger partial charge in [0.1, 0.15) is 11.5 Å². The minimum absolute atomic E-state index is 0.200. The largest absolute Gasteiger partial charge is 0.453 e.